The first-order chi connectivity index (χ1) is 10.5. The van der Waals surface area contributed by atoms with E-state index in [1.54, 1.807) is 36.5 Å². The monoisotopic (exact) mass is 322 g/mol. The summed E-state index contributed by atoms with van der Waals surface area (Å²) in [6, 6.07) is 10.6. The number of nitrogens with one attached hydrogen (secondary N) is 2. The average Bonchev–Trinajstić information content (AvgIpc) is 3.06. The number of benzene rings is 1. The summed E-state index contributed by atoms with van der Waals surface area (Å²) in [7, 11) is -3.43. The van der Waals surface area contributed by atoms with Gasteiger partial charge in [-0.1, -0.05) is 18.2 Å². The van der Waals surface area contributed by atoms with Crippen LogP contribution in [0.5, 0.6) is 0 Å². The highest BCUT2D eigenvalue weighted by molar-refractivity contribution is 7.89. The van der Waals surface area contributed by atoms with E-state index in [0.717, 1.165) is 0 Å². The van der Waals surface area contributed by atoms with Gasteiger partial charge in [0.15, 0.2) is 0 Å². The van der Waals surface area contributed by atoms with Crippen molar-refractivity contribution >= 4 is 10.0 Å². The van der Waals surface area contributed by atoms with Gasteiger partial charge in [-0.2, -0.15) is 5.10 Å². The lowest BCUT2D eigenvalue weighted by Gasteiger charge is -2.21. The molecular weight excluding hydrogens is 300 g/mol. The summed E-state index contributed by atoms with van der Waals surface area (Å²) in [5.74, 6) is 0. The van der Waals surface area contributed by atoms with Gasteiger partial charge in [0.05, 0.1) is 10.9 Å². The summed E-state index contributed by atoms with van der Waals surface area (Å²) in [4.78, 5) is 0.285. The zero-order chi connectivity index (χ0) is 16.0. The van der Waals surface area contributed by atoms with Crippen LogP contribution in [0.4, 0.5) is 0 Å². The molecule has 1 aromatic carbocycles. The molecule has 0 fully saturated rings. The van der Waals surface area contributed by atoms with Gasteiger partial charge in [-0.3, -0.25) is 4.68 Å². The number of rotatable bonds is 8. The van der Waals surface area contributed by atoms with Crippen LogP contribution in [-0.2, 0) is 10.0 Å². The van der Waals surface area contributed by atoms with E-state index in [1.807, 2.05) is 16.9 Å². The van der Waals surface area contributed by atoms with Crippen molar-refractivity contribution in [1.82, 2.24) is 19.8 Å². The van der Waals surface area contributed by atoms with Crippen molar-refractivity contribution in [2.24, 2.45) is 0 Å². The Morgan fingerprint density at radius 1 is 1.14 bits per heavy atom. The minimum atomic E-state index is -3.43. The molecule has 2 aromatic rings. The predicted octanol–water partition coefficient (Wildman–Crippen LogP) is 1.40. The molecular formula is C15H22N4O2S. The molecule has 0 aliphatic rings. The zero-order valence-electron chi connectivity index (χ0n) is 12.8. The Bertz CT molecular complexity index is 656. The zero-order valence-corrected chi connectivity index (χ0v) is 13.6. The lowest BCUT2D eigenvalue weighted by molar-refractivity contribution is 0.368. The van der Waals surface area contributed by atoms with Crippen LogP contribution in [0.3, 0.4) is 0 Å². The lowest BCUT2D eigenvalue weighted by Crippen LogP contribution is -2.39. The molecule has 0 radical (unpaired) electrons. The quantitative estimate of drug-likeness (QED) is 0.720. The fourth-order valence-corrected chi connectivity index (χ4v) is 3.14. The van der Waals surface area contributed by atoms with Crippen LogP contribution >= 0.6 is 0 Å². The van der Waals surface area contributed by atoms with Crippen LogP contribution in [0.25, 0.3) is 0 Å². The molecule has 120 valence electrons. The van der Waals surface area contributed by atoms with E-state index >= 15 is 0 Å². The highest BCUT2D eigenvalue weighted by atomic mass is 32.2. The van der Waals surface area contributed by atoms with E-state index in [9.17, 15) is 8.42 Å². The standard InChI is InChI=1S/C15H22N4O2S/c1-13(14(2)19-12-6-9-17-19)16-10-11-18-22(20,21)15-7-4-3-5-8-15/h3-9,12-14,16,18H,10-11H2,1-2H3. The summed E-state index contributed by atoms with van der Waals surface area (Å²) in [6.45, 7) is 5.02. The smallest absolute Gasteiger partial charge is 0.240 e. The summed E-state index contributed by atoms with van der Waals surface area (Å²) in [6.07, 6.45) is 3.66. The van der Waals surface area contributed by atoms with Crippen LogP contribution in [0.1, 0.15) is 19.9 Å². The molecule has 2 rings (SSSR count). The maximum absolute atomic E-state index is 12.0. The molecule has 6 nitrogen and oxygen atoms in total. The Kier molecular flexibility index (Phi) is 5.70. The van der Waals surface area contributed by atoms with E-state index in [-0.39, 0.29) is 17.0 Å². The third-order valence-electron chi connectivity index (χ3n) is 3.60. The second kappa shape index (κ2) is 7.53. The third-order valence-corrected chi connectivity index (χ3v) is 5.08. The van der Waals surface area contributed by atoms with Gasteiger partial charge >= 0.3 is 0 Å². The second-order valence-electron chi connectivity index (χ2n) is 5.18. The largest absolute Gasteiger partial charge is 0.311 e. The molecule has 0 amide bonds. The first-order valence-corrected chi connectivity index (χ1v) is 8.76. The predicted molar refractivity (Wildman–Crippen MR) is 86.0 cm³/mol. The molecule has 1 aromatic heterocycles. The van der Waals surface area contributed by atoms with Gasteiger partial charge in [-0.25, -0.2) is 13.1 Å². The molecule has 2 N–H and O–H groups in total. The molecule has 0 saturated heterocycles. The Hall–Kier alpha value is -1.70. The van der Waals surface area contributed by atoms with Gasteiger partial charge in [0.1, 0.15) is 0 Å². The van der Waals surface area contributed by atoms with Crippen LogP contribution in [0.2, 0.25) is 0 Å². The fourth-order valence-electron chi connectivity index (χ4n) is 2.09. The summed E-state index contributed by atoms with van der Waals surface area (Å²) in [5, 5.41) is 7.52. The molecule has 0 aliphatic heterocycles. The second-order valence-corrected chi connectivity index (χ2v) is 6.95. The minimum absolute atomic E-state index is 0.182. The SMILES string of the molecule is CC(NCCNS(=O)(=O)c1ccccc1)C(C)n1cccn1. The summed E-state index contributed by atoms with van der Waals surface area (Å²) >= 11 is 0. The maximum Gasteiger partial charge on any atom is 0.240 e. The van der Waals surface area contributed by atoms with Crippen LogP contribution in [0.15, 0.2) is 53.7 Å². The summed E-state index contributed by atoms with van der Waals surface area (Å²) < 4.78 is 28.6. The van der Waals surface area contributed by atoms with Gasteiger partial charge in [0, 0.05) is 31.5 Å². The van der Waals surface area contributed by atoms with Crippen molar-refractivity contribution in [3.05, 3.63) is 48.8 Å². The molecule has 0 saturated carbocycles. The normalized spacial score (nSPS) is 14.6. The topological polar surface area (TPSA) is 76.0 Å². The average molecular weight is 322 g/mol. The van der Waals surface area contributed by atoms with E-state index in [2.05, 4.69) is 29.0 Å². The van der Waals surface area contributed by atoms with Gasteiger partial charge in [-0.15, -0.1) is 0 Å². The third kappa shape index (κ3) is 4.40. The number of hydrogen-bond donors (Lipinski definition) is 2. The lowest BCUT2D eigenvalue weighted by atomic mass is 10.2. The van der Waals surface area contributed by atoms with Crippen molar-refractivity contribution < 1.29 is 8.42 Å². The van der Waals surface area contributed by atoms with Crippen LogP contribution in [0, 0.1) is 0 Å². The summed E-state index contributed by atoms with van der Waals surface area (Å²) in [5.41, 5.74) is 0. The van der Waals surface area contributed by atoms with E-state index < -0.39 is 10.0 Å². The highest BCUT2D eigenvalue weighted by Gasteiger charge is 2.15. The van der Waals surface area contributed by atoms with Crippen molar-refractivity contribution in [2.45, 2.75) is 30.8 Å². The van der Waals surface area contributed by atoms with Crippen molar-refractivity contribution in [3.63, 3.8) is 0 Å². The van der Waals surface area contributed by atoms with Crippen molar-refractivity contribution in [3.8, 4) is 0 Å². The number of nitrogens with zero attached hydrogens (tertiary/aromatic N) is 2. The minimum Gasteiger partial charge on any atom is -0.311 e. The first kappa shape index (κ1) is 16.7. The number of aromatic nitrogens is 2. The van der Waals surface area contributed by atoms with Gasteiger partial charge in [-0.05, 0) is 32.0 Å². The van der Waals surface area contributed by atoms with Crippen molar-refractivity contribution in [2.75, 3.05) is 13.1 Å². The first-order valence-electron chi connectivity index (χ1n) is 7.28. The Morgan fingerprint density at radius 3 is 2.50 bits per heavy atom. The van der Waals surface area contributed by atoms with Gasteiger partial charge in [0.2, 0.25) is 10.0 Å². The Morgan fingerprint density at radius 2 is 1.86 bits per heavy atom. The molecule has 0 aliphatic carbocycles. The van der Waals surface area contributed by atoms with E-state index in [0.29, 0.717) is 13.1 Å². The molecule has 7 heteroatoms. The Balaban J connectivity index is 1.77. The molecule has 22 heavy (non-hydrogen) atoms. The fraction of sp³-hybridized carbons (Fsp3) is 0.400. The molecule has 0 spiro atoms. The molecule has 1 heterocycles. The number of sulfonamides is 1. The Labute approximate surface area is 131 Å². The van der Waals surface area contributed by atoms with Crippen LogP contribution in [-0.4, -0.2) is 37.3 Å². The van der Waals surface area contributed by atoms with E-state index in [4.69, 9.17) is 0 Å². The van der Waals surface area contributed by atoms with E-state index in [1.165, 1.54) is 0 Å². The number of hydrogen-bond acceptors (Lipinski definition) is 4. The van der Waals surface area contributed by atoms with Gasteiger partial charge in [0.25, 0.3) is 0 Å². The molecule has 2 atom stereocenters. The molecule has 2 unspecified atom stereocenters. The molecule has 0 bridgehead atoms. The maximum atomic E-state index is 12.0. The highest BCUT2D eigenvalue weighted by Crippen LogP contribution is 2.09. The van der Waals surface area contributed by atoms with Gasteiger partial charge < -0.3 is 5.32 Å². The van der Waals surface area contributed by atoms with Crippen molar-refractivity contribution in [1.29, 1.82) is 0 Å². The van der Waals surface area contributed by atoms with Crippen LogP contribution < -0.4 is 10.0 Å².